The molecule has 1 aliphatic heterocycles. The number of H-pyrrole nitrogens is 1. The van der Waals surface area contributed by atoms with E-state index in [0.29, 0.717) is 18.1 Å². The van der Waals surface area contributed by atoms with Gasteiger partial charge in [-0.1, -0.05) is 35.9 Å². The molecule has 1 aliphatic rings. The Hall–Kier alpha value is -2.31. The summed E-state index contributed by atoms with van der Waals surface area (Å²) >= 11 is 11.1. The number of aromatic amines is 1. The van der Waals surface area contributed by atoms with Gasteiger partial charge in [0.05, 0.1) is 16.5 Å². The van der Waals surface area contributed by atoms with Gasteiger partial charge in [-0.2, -0.15) is 12.6 Å². The minimum atomic E-state index is -0.479. The number of amides is 1. The molecule has 1 amide bonds. The quantitative estimate of drug-likeness (QED) is 0.481. The summed E-state index contributed by atoms with van der Waals surface area (Å²) < 4.78 is 5.51. The number of carbonyl (C=O) groups is 1. The van der Waals surface area contributed by atoms with Crippen molar-refractivity contribution in [3.63, 3.8) is 0 Å². The van der Waals surface area contributed by atoms with Gasteiger partial charge < -0.3 is 19.5 Å². The molecule has 0 radical (unpaired) electrons. The normalized spacial score (nSPS) is 15.9. The fourth-order valence-electron chi connectivity index (χ4n) is 3.96. The maximum absolute atomic E-state index is 12.4. The van der Waals surface area contributed by atoms with Crippen molar-refractivity contribution >= 4 is 46.9 Å². The van der Waals surface area contributed by atoms with E-state index in [-0.39, 0.29) is 11.3 Å². The Kier molecular flexibility index (Phi) is 6.13. The summed E-state index contributed by atoms with van der Waals surface area (Å²) in [5, 5.41) is 1.78. The van der Waals surface area contributed by atoms with Crippen molar-refractivity contribution in [2.75, 3.05) is 31.1 Å². The highest BCUT2D eigenvalue weighted by Crippen LogP contribution is 2.37. The second kappa shape index (κ2) is 8.67. The Morgan fingerprint density at radius 3 is 2.52 bits per heavy atom. The van der Waals surface area contributed by atoms with E-state index in [1.807, 2.05) is 51.2 Å². The molecular weight excluding hydrogens is 430 g/mol. The standard InChI is InChI=1S/C24H28ClN3O2S/c1-24(2,3)30-23(29)28-12-10-27(11-13-28)20-9-5-8-18-19(15-26-21(18)20)22(31)16-6-4-7-17(25)14-16/h4-9,14-15,22,26,31H,10-13H2,1-3H3. The summed E-state index contributed by atoms with van der Waals surface area (Å²) in [5.41, 5.74) is 3.93. The molecule has 1 fully saturated rings. The van der Waals surface area contributed by atoms with Crippen molar-refractivity contribution in [2.24, 2.45) is 0 Å². The van der Waals surface area contributed by atoms with E-state index in [9.17, 15) is 4.79 Å². The lowest BCUT2D eigenvalue weighted by atomic mass is 10.0. The minimum absolute atomic E-state index is 0.0771. The average Bonchev–Trinajstić information content (AvgIpc) is 3.16. The van der Waals surface area contributed by atoms with E-state index >= 15 is 0 Å². The molecule has 7 heteroatoms. The molecule has 0 spiro atoms. The largest absolute Gasteiger partial charge is 0.444 e. The lowest BCUT2D eigenvalue weighted by molar-refractivity contribution is 0.0240. The van der Waals surface area contributed by atoms with Crippen molar-refractivity contribution in [3.05, 3.63) is 64.8 Å². The van der Waals surface area contributed by atoms with Crippen molar-refractivity contribution < 1.29 is 9.53 Å². The summed E-state index contributed by atoms with van der Waals surface area (Å²) in [5.74, 6) is 0. The molecule has 164 valence electrons. The fraction of sp³-hybridized carbons (Fsp3) is 0.375. The molecule has 1 N–H and O–H groups in total. The summed E-state index contributed by atoms with van der Waals surface area (Å²) in [6, 6.07) is 14.1. The van der Waals surface area contributed by atoms with Crippen LogP contribution in [0, 0.1) is 0 Å². The zero-order valence-corrected chi connectivity index (χ0v) is 19.7. The van der Waals surface area contributed by atoms with E-state index in [1.54, 1.807) is 4.90 Å². The van der Waals surface area contributed by atoms with Crippen molar-refractivity contribution in [1.82, 2.24) is 9.88 Å². The Morgan fingerprint density at radius 2 is 1.84 bits per heavy atom. The van der Waals surface area contributed by atoms with Crippen LogP contribution in [0.3, 0.4) is 0 Å². The predicted molar refractivity (Wildman–Crippen MR) is 131 cm³/mol. The van der Waals surface area contributed by atoms with Crippen LogP contribution < -0.4 is 4.90 Å². The molecule has 31 heavy (non-hydrogen) atoms. The molecule has 1 aromatic heterocycles. The number of fused-ring (bicyclic) bond motifs is 1. The van der Waals surface area contributed by atoms with Gasteiger partial charge in [-0.3, -0.25) is 0 Å². The highest BCUT2D eigenvalue weighted by molar-refractivity contribution is 7.80. The van der Waals surface area contributed by atoms with Crippen LogP contribution in [0.4, 0.5) is 10.5 Å². The number of nitrogens with one attached hydrogen (secondary N) is 1. The molecule has 1 unspecified atom stereocenters. The van der Waals surface area contributed by atoms with Crippen LogP contribution in [0.2, 0.25) is 5.02 Å². The monoisotopic (exact) mass is 457 g/mol. The second-order valence-corrected chi connectivity index (χ2v) is 9.81. The van der Waals surface area contributed by atoms with Gasteiger partial charge in [-0.05, 0) is 50.1 Å². The van der Waals surface area contributed by atoms with Gasteiger partial charge in [0.15, 0.2) is 0 Å². The van der Waals surface area contributed by atoms with Crippen LogP contribution in [-0.2, 0) is 4.74 Å². The van der Waals surface area contributed by atoms with Crippen LogP contribution in [0.25, 0.3) is 10.9 Å². The summed E-state index contributed by atoms with van der Waals surface area (Å²) in [4.78, 5) is 19.9. The Bertz CT molecular complexity index is 1080. The molecule has 2 aromatic carbocycles. The highest BCUT2D eigenvalue weighted by Gasteiger charge is 2.27. The summed E-state index contributed by atoms with van der Waals surface area (Å²) in [6.45, 7) is 8.46. The zero-order valence-electron chi connectivity index (χ0n) is 18.1. The average molecular weight is 458 g/mol. The van der Waals surface area contributed by atoms with Gasteiger partial charge in [0.25, 0.3) is 0 Å². The lowest BCUT2D eigenvalue weighted by Gasteiger charge is -2.37. The third-order valence-electron chi connectivity index (χ3n) is 5.46. The van der Waals surface area contributed by atoms with Crippen LogP contribution in [0.15, 0.2) is 48.7 Å². The number of aromatic nitrogens is 1. The number of para-hydroxylation sites is 1. The molecule has 1 saturated heterocycles. The molecule has 5 nitrogen and oxygen atoms in total. The van der Waals surface area contributed by atoms with Gasteiger partial charge in [-0.25, -0.2) is 4.79 Å². The molecule has 3 aromatic rings. The molecule has 0 saturated carbocycles. The van der Waals surface area contributed by atoms with Crippen LogP contribution in [-0.4, -0.2) is 47.8 Å². The maximum atomic E-state index is 12.4. The number of anilines is 1. The number of thiol groups is 1. The van der Waals surface area contributed by atoms with Crippen molar-refractivity contribution in [2.45, 2.75) is 31.6 Å². The van der Waals surface area contributed by atoms with E-state index in [4.69, 9.17) is 29.0 Å². The van der Waals surface area contributed by atoms with Gasteiger partial charge in [-0.15, -0.1) is 0 Å². The molecule has 1 atom stereocenters. The number of nitrogens with zero attached hydrogens (tertiary/aromatic N) is 2. The first-order chi connectivity index (χ1) is 14.7. The number of ether oxygens (including phenoxy) is 1. The second-order valence-electron chi connectivity index (χ2n) is 8.86. The summed E-state index contributed by atoms with van der Waals surface area (Å²) in [7, 11) is 0. The van der Waals surface area contributed by atoms with Gasteiger partial charge in [0, 0.05) is 42.8 Å². The summed E-state index contributed by atoms with van der Waals surface area (Å²) in [6.07, 6.45) is 1.79. The lowest BCUT2D eigenvalue weighted by Crippen LogP contribution is -2.50. The molecule has 0 bridgehead atoms. The first-order valence-electron chi connectivity index (χ1n) is 10.5. The number of hydrogen-bond donors (Lipinski definition) is 2. The number of halogens is 1. The highest BCUT2D eigenvalue weighted by atomic mass is 35.5. The van der Waals surface area contributed by atoms with E-state index in [1.165, 1.54) is 0 Å². The van der Waals surface area contributed by atoms with Crippen LogP contribution in [0.5, 0.6) is 0 Å². The van der Waals surface area contributed by atoms with Crippen LogP contribution in [0.1, 0.15) is 37.1 Å². The maximum Gasteiger partial charge on any atom is 0.410 e. The first kappa shape index (κ1) is 21.9. The molecule has 0 aliphatic carbocycles. The van der Waals surface area contributed by atoms with Gasteiger partial charge in [0.1, 0.15) is 5.60 Å². The first-order valence-corrected chi connectivity index (χ1v) is 11.4. The fourth-order valence-corrected chi connectivity index (χ4v) is 4.54. The topological polar surface area (TPSA) is 48.6 Å². The number of benzene rings is 2. The Balaban J connectivity index is 1.53. The van der Waals surface area contributed by atoms with Crippen molar-refractivity contribution in [3.8, 4) is 0 Å². The number of rotatable bonds is 3. The predicted octanol–water partition coefficient (Wildman–Crippen LogP) is 5.90. The molecule has 2 heterocycles. The zero-order chi connectivity index (χ0) is 22.2. The molecule has 4 rings (SSSR count). The smallest absolute Gasteiger partial charge is 0.410 e. The van der Waals surface area contributed by atoms with Crippen LogP contribution >= 0.6 is 24.2 Å². The number of hydrogen-bond acceptors (Lipinski definition) is 4. The van der Waals surface area contributed by atoms with E-state index < -0.39 is 5.60 Å². The van der Waals surface area contributed by atoms with E-state index in [2.05, 4.69) is 28.1 Å². The minimum Gasteiger partial charge on any atom is -0.444 e. The van der Waals surface area contributed by atoms with Crippen molar-refractivity contribution in [1.29, 1.82) is 0 Å². The number of carbonyl (C=O) groups excluding carboxylic acids is 1. The Labute approximate surface area is 193 Å². The molecular formula is C24H28ClN3O2S. The third-order valence-corrected chi connectivity index (χ3v) is 6.27. The van der Waals surface area contributed by atoms with Gasteiger partial charge >= 0.3 is 6.09 Å². The number of piperazine rings is 1. The Morgan fingerprint density at radius 1 is 1.13 bits per heavy atom. The SMILES string of the molecule is CC(C)(C)OC(=O)N1CCN(c2cccc3c(C(S)c4cccc(Cl)c4)c[nH]c23)CC1. The van der Waals surface area contributed by atoms with E-state index in [0.717, 1.165) is 40.8 Å². The van der Waals surface area contributed by atoms with Gasteiger partial charge in [0.2, 0.25) is 0 Å². The third kappa shape index (κ3) is 4.80.